The number of anilines is 3. The predicted molar refractivity (Wildman–Crippen MR) is 153 cm³/mol. The van der Waals surface area contributed by atoms with Crippen LogP contribution in [0.3, 0.4) is 0 Å². The van der Waals surface area contributed by atoms with Crippen molar-refractivity contribution in [2.75, 3.05) is 4.90 Å². The van der Waals surface area contributed by atoms with E-state index in [1.165, 1.54) is 11.3 Å². The number of benzene rings is 4. The van der Waals surface area contributed by atoms with Crippen molar-refractivity contribution in [3.8, 4) is 0 Å². The molecule has 1 N–H and O–H groups in total. The molecule has 6 aromatic rings. The van der Waals surface area contributed by atoms with E-state index in [0.29, 0.717) is 22.6 Å². The van der Waals surface area contributed by atoms with Gasteiger partial charge < -0.3 is 5.11 Å². The first-order chi connectivity index (χ1) is 18.7. The molecule has 182 valence electrons. The molecule has 0 bridgehead atoms. The second-order valence-electron chi connectivity index (χ2n) is 9.21. The molecule has 1 aliphatic carbocycles. The number of aliphatic hydroxyl groups is 1. The van der Waals surface area contributed by atoms with Gasteiger partial charge in [0.2, 0.25) is 5.95 Å². The maximum atomic E-state index is 13.3. The van der Waals surface area contributed by atoms with Gasteiger partial charge in [-0.15, -0.1) is 11.3 Å². The second-order valence-corrected chi connectivity index (χ2v) is 10.3. The molecule has 7 rings (SSSR count). The van der Waals surface area contributed by atoms with Crippen LogP contribution in [0.5, 0.6) is 0 Å². The van der Waals surface area contributed by atoms with E-state index < -0.39 is 6.10 Å². The molecule has 1 atom stereocenters. The lowest BCUT2D eigenvalue weighted by Crippen LogP contribution is -2.11. The summed E-state index contributed by atoms with van der Waals surface area (Å²) in [5.41, 5.74) is 2.55. The third kappa shape index (κ3) is 3.78. The van der Waals surface area contributed by atoms with Crippen LogP contribution in [0.15, 0.2) is 115 Å². The van der Waals surface area contributed by atoms with Crippen LogP contribution in [0.2, 0.25) is 0 Å². The highest BCUT2D eigenvalue weighted by Crippen LogP contribution is 2.42. The van der Waals surface area contributed by atoms with Crippen molar-refractivity contribution in [2.45, 2.75) is 6.10 Å². The number of fused-ring (bicyclic) bond motifs is 3. The summed E-state index contributed by atoms with van der Waals surface area (Å²) < 4.78 is 0. The molecule has 0 radical (unpaired) electrons. The minimum atomic E-state index is -0.957. The molecule has 2 heterocycles. The van der Waals surface area contributed by atoms with Gasteiger partial charge >= 0.3 is 0 Å². The number of aliphatic hydroxyl groups excluding tert-OH is 1. The van der Waals surface area contributed by atoms with Crippen LogP contribution in [0.4, 0.5) is 16.6 Å². The highest BCUT2D eigenvalue weighted by Gasteiger charge is 2.33. The molecular weight excluding hydrogens is 490 g/mol. The lowest BCUT2D eigenvalue weighted by molar-refractivity contribution is 0.102. The molecule has 1 unspecified atom stereocenters. The fourth-order valence-corrected chi connectivity index (χ4v) is 6.01. The third-order valence-corrected chi connectivity index (χ3v) is 7.91. The minimum Gasteiger partial charge on any atom is -0.383 e. The van der Waals surface area contributed by atoms with Crippen molar-refractivity contribution in [3.05, 3.63) is 131 Å². The maximum Gasteiger partial charge on any atom is 0.235 e. The van der Waals surface area contributed by atoms with Gasteiger partial charge in [0.25, 0.3) is 0 Å². The van der Waals surface area contributed by atoms with Crippen molar-refractivity contribution < 1.29 is 9.90 Å². The van der Waals surface area contributed by atoms with E-state index in [2.05, 4.69) is 40.3 Å². The molecule has 0 amide bonds. The zero-order valence-electron chi connectivity index (χ0n) is 20.2. The quantitative estimate of drug-likeness (QED) is 0.247. The van der Waals surface area contributed by atoms with Crippen molar-refractivity contribution >= 4 is 61.4 Å². The number of nitrogens with zero attached hydrogens (tertiary/aromatic N) is 3. The van der Waals surface area contributed by atoms with Crippen LogP contribution < -0.4 is 4.90 Å². The Hall–Kier alpha value is -4.65. The van der Waals surface area contributed by atoms with Gasteiger partial charge in [0.05, 0.1) is 5.69 Å². The average Bonchev–Trinajstić information content (AvgIpc) is 3.51. The molecule has 0 aliphatic heterocycles. The van der Waals surface area contributed by atoms with Crippen LogP contribution in [-0.2, 0) is 0 Å². The van der Waals surface area contributed by atoms with Gasteiger partial charge in [-0.1, -0.05) is 54.6 Å². The number of carbonyl (C=O) groups is 1. The van der Waals surface area contributed by atoms with Crippen molar-refractivity contribution in [3.63, 3.8) is 0 Å². The van der Waals surface area contributed by atoms with E-state index in [4.69, 9.17) is 0 Å². The number of aromatic nitrogens is 2. The number of carbonyl (C=O) groups excluding carboxylic acids is 1. The largest absolute Gasteiger partial charge is 0.383 e. The fraction of sp³-hybridized carbons (Fsp3) is 0.0312. The molecule has 6 heteroatoms. The van der Waals surface area contributed by atoms with Gasteiger partial charge in [0.15, 0.2) is 5.78 Å². The van der Waals surface area contributed by atoms with Crippen LogP contribution >= 0.6 is 11.3 Å². The zero-order valence-corrected chi connectivity index (χ0v) is 21.0. The SMILES string of the molecule is O=C1/C(=C\c2ccc(N(c3ccc4ccccc4c3)c3ncccn3)s2)C(O)c2cc3ccccc3cc21. The monoisotopic (exact) mass is 511 g/mol. The minimum absolute atomic E-state index is 0.133. The van der Waals surface area contributed by atoms with Gasteiger partial charge in [-0.05, 0) is 75.6 Å². The molecule has 0 fully saturated rings. The number of thiophene rings is 1. The Morgan fingerprint density at radius 2 is 1.45 bits per heavy atom. The second kappa shape index (κ2) is 9.03. The molecule has 38 heavy (non-hydrogen) atoms. The third-order valence-electron chi connectivity index (χ3n) is 6.89. The number of hydrogen-bond acceptors (Lipinski definition) is 6. The predicted octanol–water partition coefficient (Wildman–Crippen LogP) is 7.63. The summed E-state index contributed by atoms with van der Waals surface area (Å²) in [4.78, 5) is 25.2. The number of Topliss-reactive ketones (excluding diaryl/α,β-unsaturated/α-hetero) is 1. The van der Waals surface area contributed by atoms with Crippen LogP contribution in [0, 0.1) is 0 Å². The average molecular weight is 512 g/mol. The topological polar surface area (TPSA) is 66.3 Å². The van der Waals surface area contributed by atoms with Crippen molar-refractivity contribution in [2.24, 2.45) is 0 Å². The molecule has 0 saturated carbocycles. The molecular formula is C32H21N3O2S. The van der Waals surface area contributed by atoms with Gasteiger partial charge in [-0.25, -0.2) is 9.97 Å². The Balaban J connectivity index is 1.29. The molecule has 5 nitrogen and oxygen atoms in total. The van der Waals surface area contributed by atoms with Crippen LogP contribution in [0.25, 0.3) is 27.6 Å². The summed E-state index contributed by atoms with van der Waals surface area (Å²) >= 11 is 1.51. The summed E-state index contributed by atoms with van der Waals surface area (Å²) in [5, 5.41) is 16.3. The fourth-order valence-electron chi connectivity index (χ4n) is 5.03. The first-order valence-corrected chi connectivity index (χ1v) is 13.1. The Labute approximate surface area is 223 Å². The Morgan fingerprint density at radius 3 is 2.21 bits per heavy atom. The lowest BCUT2D eigenvalue weighted by atomic mass is 10.0. The summed E-state index contributed by atoms with van der Waals surface area (Å²) in [6, 6.07) is 31.9. The number of hydrogen-bond donors (Lipinski definition) is 1. The molecule has 4 aromatic carbocycles. The molecule has 0 saturated heterocycles. The van der Waals surface area contributed by atoms with Crippen LogP contribution in [0.1, 0.15) is 26.9 Å². The van der Waals surface area contributed by atoms with Crippen molar-refractivity contribution in [1.29, 1.82) is 0 Å². The lowest BCUT2D eigenvalue weighted by Gasteiger charge is -2.21. The highest BCUT2D eigenvalue weighted by molar-refractivity contribution is 7.17. The van der Waals surface area contributed by atoms with E-state index in [1.54, 1.807) is 24.5 Å². The summed E-state index contributed by atoms with van der Waals surface area (Å²) in [7, 11) is 0. The highest BCUT2D eigenvalue weighted by atomic mass is 32.1. The van der Waals surface area contributed by atoms with Gasteiger partial charge in [0, 0.05) is 28.4 Å². The summed E-state index contributed by atoms with van der Waals surface area (Å²) in [6.07, 6.45) is 4.29. The molecule has 2 aromatic heterocycles. The van der Waals surface area contributed by atoms with E-state index >= 15 is 0 Å². The molecule has 1 aliphatic rings. The van der Waals surface area contributed by atoms with E-state index in [9.17, 15) is 9.90 Å². The van der Waals surface area contributed by atoms with E-state index in [0.717, 1.165) is 37.1 Å². The van der Waals surface area contributed by atoms with Crippen molar-refractivity contribution in [1.82, 2.24) is 9.97 Å². The Bertz CT molecular complexity index is 1880. The first-order valence-electron chi connectivity index (χ1n) is 12.3. The maximum absolute atomic E-state index is 13.3. The Morgan fingerprint density at radius 1 is 0.763 bits per heavy atom. The number of ketones is 1. The normalized spacial score (nSPS) is 15.9. The summed E-state index contributed by atoms with van der Waals surface area (Å²) in [5.74, 6) is 0.422. The molecule has 0 spiro atoms. The number of rotatable bonds is 4. The van der Waals surface area contributed by atoms with Gasteiger partial charge in [-0.2, -0.15) is 0 Å². The van der Waals surface area contributed by atoms with Gasteiger partial charge in [0.1, 0.15) is 11.1 Å². The zero-order chi connectivity index (χ0) is 25.6. The van der Waals surface area contributed by atoms with E-state index in [-0.39, 0.29) is 5.78 Å². The van der Waals surface area contributed by atoms with E-state index in [1.807, 2.05) is 65.6 Å². The smallest absolute Gasteiger partial charge is 0.235 e. The standard InChI is InChI=1S/C32H21N3O2S/c36-30-26-17-22-8-3-4-9-23(22)18-27(26)31(37)28(30)19-25-12-13-29(38-25)35(32-33-14-5-15-34-32)24-11-10-20-6-1-2-7-21(20)16-24/h1-19,30,36H/b28-19-. The Kier molecular flexibility index (Phi) is 5.35. The van der Waals surface area contributed by atoms with Crippen LogP contribution in [-0.4, -0.2) is 20.9 Å². The van der Waals surface area contributed by atoms with Gasteiger partial charge in [-0.3, -0.25) is 9.69 Å². The summed E-state index contributed by atoms with van der Waals surface area (Å²) in [6.45, 7) is 0. The first kappa shape index (κ1) is 22.5.